The Labute approximate surface area is 157 Å². The topological polar surface area (TPSA) is 82.3 Å². The summed E-state index contributed by atoms with van der Waals surface area (Å²) in [7, 11) is 1.92. The number of aromatic nitrogens is 4. The normalized spacial score (nSPS) is 18.7. The van der Waals surface area contributed by atoms with Crippen LogP contribution in [-0.2, 0) is 7.05 Å². The molecule has 5 rings (SSSR count). The zero-order chi connectivity index (χ0) is 18.5. The van der Waals surface area contributed by atoms with E-state index in [1.807, 2.05) is 54.0 Å². The van der Waals surface area contributed by atoms with Gasteiger partial charge in [0.25, 0.3) is 0 Å². The zero-order valence-electron chi connectivity index (χ0n) is 15.2. The van der Waals surface area contributed by atoms with Gasteiger partial charge in [-0.25, -0.2) is 9.97 Å². The summed E-state index contributed by atoms with van der Waals surface area (Å²) >= 11 is 0. The van der Waals surface area contributed by atoms with Crippen molar-refractivity contribution in [3.05, 3.63) is 48.4 Å². The van der Waals surface area contributed by atoms with E-state index in [0.717, 1.165) is 41.4 Å². The number of fused-ring (bicyclic) bond motifs is 3. The van der Waals surface area contributed by atoms with Crippen molar-refractivity contribution in [2.24, 2.45) is 7.05 Å². The first-order valence-electron chi connectivity index (χ1n) is 9.04. The van der Waals surface area contributed by atoms with Crippen LogP contribution in [0.4, 0.5) is 17.3 Å². The number of anilines is 3. The second-order valence-corrected chi connectivity index (χ2v) is 6.91. The Morgan fingerprint density at radius 2 is 2.15 bits per heavy atom. The fourth-order valence-corrected chi connectivity index (χ4v) is 3.77. The molecule has 5 heterocycles. The van der Waals surface area contributed by atoms with Gasteiger partial charge in [-0.15, -0.1) is 0 Å². The minimum Gasteiger partial charge on any atom is -0.356 e. The van der Waals surface area contributed by atoms with E-state index >= 15 is 0 Å². The van der Waals surface area contributed by atoms with Crippen molar-refractivity contribution < 1.29 is 5.11 Å². The lowest BCUT2D eigenvalue weighted by atomic mass is 10.1. The Morgan fingerprint density at radius 3 is 2.81 bits per heavy atom. The first-order valence-corrected chi connectivity index (χ1v) is 9.04. The van der Waals surface area contributed by atoms with Crippen LogP contribution in [-0.4, -0.2) is 43.9 Å². The fourth-order valence-electron chi connectivity index (χ4n) is 3.77. The highest BCUT2D eigenvalue weighted by atomic mass is 16.3. The van der Waals surface area contributed by atoms with Crippen molar-refractivity contribution in [1.82, 2.24) is 19.7 Å². The number of aliphatic hydroxyl groups excluding tert-OH is 1. The minimum atomic E-state index is -0.910. The molecule has 0 bridgehead atoms. The molecule has 0 saturated carbocycles. The van der Waals surface area contributed by atoms with Crippen LogP contribution in [0.15, 0.2) is 42.7 Å². The lowest BCUT2D eigenvalue weighted by molar-refractivity contribution is 0.177. The van der Waals surface area contributed by atoms with Crippen molar-refractivity contribution >= 4 is 17.3 Å². The number of nitrogens with one attached hydrogen (secondary N) is 1. The number of pyridine rings is 2. The smallest absolute Gasteiger partial charge is 0.209 e. The highest BCUT2D eigenvalue weighted by Crippen LogP contribution is 2.45. The van der Waals surface area contributed by atoms with Crippen molar-refractivity contribution in [3.63, 3.8) is 0 Å². The lowest BCUT2D eigenvalue weighted by Gasteiger charge is -2.42. The molecule has 2 atom stereocenters. The third-order valence-corrected chi connectivity index (χ3v) is 5.43. The summed E-state index contributed by atoms with van der Waals surface area (Å²) < 4.78 is 1.84. The lowest BCUT2D eigenvalue weighted by Crippen LogP contribution is -2.58. The second-order valence-electron chi connectivity index (χ2n) is 6.91. The van der Waals surface area contributed by atoms with Crippen molar-refractivity contribution in [2.75, 3.05) is 21.7 Å². The van der Waals surface area contributed by atoms with Gasteiger partial charge < -0.3 is 15.3 Å². The van der Waals surface area contributed by atoms with Gasteiger partial charge in [-0.1, -0.05) is 6.07 Å². The zero-order valence-corrected chi connectivity index (χ0v) is 15.2. The molecular weight excluding hydrogens is 342 g/mol. The van der Waals surface area contributed by atoms with E-state index in [9.17, 15) is 5.11 Å². The van der Waals surface area contributed by atoms with Crippen LogP contribution in [0.5, 0.6) is 0 Å². The van der Waals surface area contributed by atoms with Crippen LogP contribution in [0.3, 0.4) is 0 Å². The van der Waals surface area contributed by atoms with E-state index in [2.05, 4.69) is 26.4 Å². The molecule has 8 nitrogen and oxygen atoms in total. The Bertz CT molecular complexity index is 987. The van der Waals surface area contributed by atoms with Crippen LogP contribution < -0.4 is 15.1 Å². The van der Waals surface area contributed by atoms with Gasteiger partial charge in [0.2, 0.25) is 6.35 Å². The summed E-state index contributed by atoms with van der Waals surface area (Å²) in [6, 6.07) is 9.68. The Hall–Kier alpha value is -3.13. The van der Waals surface area contributed by atoms with Gasteiger partial charge in [-0.05, 0) is 31.2 Å². The van der Waals surface area contributed by atoms with Gasteiger partial charge in [0, 0.05) is 37.5 Å². The molecule has 27 heavy (non-hydrogen) atoms. The van der Waals surface area contributed by atoms with Crippen molar-refractivity contribution in [3.8, 4) is 11.3 Å². The number of rotatable bonds is 4. The number of hydrogen-bond acceptors (Lipinski definition) is 7. The molecule has 0 amide bonds. The van der Waals surface area contributed by atoms with Gasteiger partial charge >= 0.3 is 0 Å². The van der Waals surface area contributed by atoms with Crippen LogP contribution in [0.1, 0.15) is 12.1 Å². The molecule has 2 aliphatic heterocycles. The molecule has 8 heteroatoms. The van der Waals surface area contributed by atoms with Crippen LogP contribution in [0.2, 0.25) is 0 Å². The summed E-state index contributed by atoms with van der Waals surface area (Å²) in [6.45, 7) is 3.00. The Morgan fingerprint density at radius 1 is 1.26 bits per heavy atom. The van der Waals surface area contributed by atoms with Crippen molar-refractivity contribution in [2.45, 2.75) is 25.9 Å². The second kappa shape index (κ2) is 5.95. The molecule has 0 aromatic carbocycles. The molecule has 138 valence electrons. The average Bonchev–Trinajstić information content (AvgIpc) is 3.09. The van der Waals surface area contributed by atoms with E-state index in [1.165, 1.54) is 0 Å². The maximum absolute atomic E-state index is 10.9. The summed E-state index contributed by atoms with van der Waals surface area (Å²) in [5.74, 6) is 1.41. The highest BCUT2D eigenvalue weighted by Gasteiger charge is 2.45. The van der Waals surface area contributed by atoms with E-state index in [4.69, 9.17) is 4.98 Å². The summed E-state index contributed by atoms with van der Waals surface area (Å²) in [5, 5.41) is 18.3. The molecule has 0 aliphatic carbocycles. The number of aliphatic hydroxyl groups is 1. The summed E-state index contributed by atoms with van der Waals surface area (Å²) in [4.78, 5) is 13.3. The molecular formula is C19H21N7O. The van der Waals surface area contributed by atoms with Crippen LogP contribution in [0.25, 0.3) is 11.3 Å². The molecule has 0 radical (unpaired) electrons. The quantitative estimate of drug-likeness (QED) is 0.686. The molecule has 3 aromatic rings. The van der Waals surface area contributed by atoms with Crippen LogP contribution in [0, 0.1) is 6.92 Å². The predicted molar refractivity (Wildman–Crippen MR) is 103 cm³/mol. The standard InChI is InChI=1S/C19H21N7O/c1-12-13(11-21-24(12)2)14-6-7-15-18(22-14)26(17-8-10-25(15)17)19(27)23-16-5-3-4-9-20-16/h3-7,9,11,17,19,27H,8,10H2,1-2H3,(H,20,23)/t17-,19?/m0/s1. The number of hydrogen-bond donors (Lipinski definition) is 2. The summed E-state index contributed by atoms with van der Waals surface area (Å²) in [6.07, 6.45) is 3.72. The monoisotopic (exact) mass is 363 g/mol. The van der Waals surface area contributed by atoms with E-state index in [0.29, 0.717) is 5.82 Å². The minimum absolute atomic E-state index is 0.115. The van der Waals surface area contributed by atoms with Gasteiger partial charge in [-0.3, -0.25) is 9.58 Å². The number of nitrogens with zero attached hydrogens (tertiary/aromatic N) is 6. The molecule has 1 fully saturated rings. The molecule has 2 N–H and O–H groups in total. The Kier molecular flexibility index (Phi) is 3.54. The Balaban J connectivity index is 1.51. The van der Waals surface area contributed by atoms with E-state index < -0.39 is 6.35 Å². The summed E-state index contributed by atoms with van der Waals surface area (Å²) in [5.41, 5.74) is 3.97. The largest absolute Gasteiger partial charge is 0.356 e. The molecule has 0 spiro atoms. The molecule has 1 saturated heterocycles. The highest BCUT2D eigenvalue weighted by molar-refractivity contribution is 5.79. The molecule has 1 unspecified atom stereocenters. The van der Waals surface area contributed by atoms with Gasteiger partial charge in [0.05, 0.1) is 17.6 Å². The molecule has 3 aromatic heterocycles. The van der Waals surface area contributed by atoms with Gasteiger partial charge in [0.1, 0.15) is 12.0 Å². The SMILES string of the molecule is Cc1c(-c2ccc3c(n2)N(C(O)Nc2ccccn2)[C@H]2CCN32)cnn1C. The number of aryl methyl sites for hydroxylation is 1. The third kappa shape index (κ3) is 2.44. The van der Waals surface area contributed by atoms with Crippen LogP contribution >= 0.6 is 0 Å². The first kappa shape index (κ1) is 16.1. The van der Waals surface area contributed by atoms with Crippen molar-refractivity contribution in [1.29, 1.82) is 0 Å². The third-order valence-electron chi connectivity index (χ3n) is 5.43. The van der Waals surface area contributed by atoms with Gasteiger partial charge in [0.15, 0.2) is 5.82 Å². The maximum Gasteiger partial charge on any atom is 0.209 e. The first-order chi connectivity index (χ1) is 13.1. The average molecular weight is 363 g/mol. The van der Waals surface area contributed by atoms with Gasteiger partial charge in [-0.2, -0.15) is 5.10 Å². The maximum atomic E-state index is 10.9. The molecule has 2 aliphatic rings. The van der Waals surface area contributed by atoms with E-state index in [1.54, 1.807) is 6.20 Å². The van der Waals surface area contributed by atoms with E-state index in [-0.39, 0.29) is 6.17 Å². The fraction of sp³-hybridized carbons (Fsp3) is 0.316. The predicted octanol–water partition coefficient (Wildman–Crippen LogP) is 1.93.